The van der Waals surface area contributed by atoms with Gasteiger partial charge in [0.15, 0.2) is 0 Å². The summed E-state index contributed by atoms with van der Waals surface area (Å²) in [5.74, 6) is -0.255. The Morgan fingerprint density at radius 2 is 1.64 bits per heavy atom. The molecule has 2 aromatic carbocycles. The fourth-order valence-corrected chi connectivity index (χ4v) is 3.00. The van der Waals surface area contributed by atoms with Gasteiger partial charge in [-0.05, 0) is 67.8 Å². The highest BCUT2D eigenvalue weighted by Gasteiger charge is 2.29. The van der Waals surface area contributed by atoms with Crippen LogP contribution < -0.4 is 0 Å². The van der Waals surface area contributed by atoms with Crippen molar-refractivity contribution in [3.63, 3.8) is 0 Å². The number of benzene rings is 2. The summed E-state index contributed by atoms with van der Waals surface area (Å²) in [5, 5.41) is 8.89. The zero-order valence-electron chi connectivity index (χ0n) is 15.5. The number of amides is 1. The normalized spacial score (nSPS) is 11.3. The standard InChI is InChI=1S/C20H20F3N3OS/c1-25(2)11-12-26(14-16-5-3-15(13-24)4-6-16)19(27)17-7-9-18(10-8-17)28-20(21,22)23/h3-10H,11-12,14H2,1-2H3. The van der Waals surface area contributed by atoms with Crippen LogP contribution in [0.3, 0.4) is 0 Å². The molecule has 2 aromatic rings. The molecule has 0 aliphatic carbocycles. The monoisotopic (exact) mass is 407 g/mol. The van der Waals surface area contributed by atoms with E-state index in [1.807, 2.05) is 25.1 Å². The van der Waals surface area contributed by atoms with Crippen LogP contribution in [-0.4, -0.2) is 48.4 Å². The minimum atomic E-state index is -4.36. The molecule has 0 spiro atoms. The summed E-state index contributed by atoms with van der Waals surface area (Å²) in [6.07, 6.45) is 0. The lowest BCUT2D eigenvalue weighted by Crippen LogP contribution is -2.36. The van der Waals surface area contributed by atoms with Crippen LogP contribution in [0.15, 0.2) is 53.4 Å². The maximum Gasteiger partial charge on any atom is 0.446 e. The minimum absolute atomic E-state index is 0.0379. The van der Waals surface area contributed by atoms with Gasteiger partial charge in [-0.25, -0.2) is 0 Å². The molecule has 0 aliphatic rings. The molecule has 2 rings (SSSR count). The second-order valence-corrected chi connectivity index (χ2v) is 7.55. The zero-order chi connectivity index (χ0) is 20.7. The summed E-state index contributed by atoms with van der Waals surface area (Å²) in [6, 6.07) is 14.4. The van der Waals surface area contributed by atoms with Crippen LogP contribution in [0, 0.1) is 11.3 Å². The molecule has 0 heterocycles. The second kappa shape index (κ2) is 9.62. The number of thioether (sulfide) groups is 1. The highest BCUT2D eigenvalue weighted by molar-refractivity contribution is 8.00. The van der Waals surface area contributed by atoms with Crippen molar-refractivity contribution >= 4 is 17.7 Å². The van der Waals surface area contributed by atoms with Gasteiger partial charge in [0.25, 0.3) is 5.91 Å². The number of carbonyl (C=O) groups excluding carboxylic acids is 1. The first-order chi connectivity index (χ1) is 13.2. The van der Waals surface area contributed by atoms with Gasteiger partial charge < -0.3 is 9.80 Å². The number of nitriles is 1. The van der Waals surface area contributed by atoms with Crippen LogP contribution in [0.1, 0.15) is 21.5 Å². The Kier molecular flexibility index (Phi) is 7.49. The molecule has 148 valence electrons. The Labute approximate surface area is 166 Å². The number of rotatable bonds is 7. The fraction of sp³-hybridized carbons (Fsp3) is 0.300. The lowest BCUT2D eigenvalue weighted by molar-refractivity contribution is -0.0328. The van der Waals surface area contributed by atoms with Gasteiger partial charge in [-0.3, -0.25) is 4.79 Å². The maximum atomic E-state index is 12.9. The highest BCUT2D eigenvalue weighted by atomic mass is 32.2. The average molecular weight is 407 g/mol. The van der Waals surface area contributed by atoms with Gasteiger partial charge in [0.2, 0.25) is 0 Å². The molecule has 0 atom stereocenters. The van der Waals surface area contributed by atoms with E-state index in [1.165, 1.54) is 24.3 Å². The maximum absolute atomic E-state index is 12.9. The van der Waals surface area contributed by atoms with E-state index in [0.717, 1.165) is 5.56 Å². The number of carbonyl (C=O) groups is 1. The predicted octanol–water partition coefficient (Wildman–Crippen LogP) is 4.37. The molecule has 0 aliphatic heterocycles. The quantitative estimate of drug-likeness (QED) is 0.640. The van der Waals surface area contributed by atoms with Crippen LogP contribution in [0.25, 0.3) is 0 Å². The SMILES string of the molecule is CN(C)CCN(Cc1ccc(C#N)cc1)C(=O)c1ccc(SC(F)(F)F)cc1. The van der Waals surface area contributed by atoms with Gasteiger partial charge >= 0.3 is 5.51 Å². The number of hydrogen-bond donors (Lipinski definition) is 0. The summed E-state index contributed by atoms with van der Waals surface area (Å²) >= 11 is -0.208. The molecule has 0 saturated heterocycles. The smallest absolute Gasteiger partial charge is 0.333 e. The molecule has 0 N–H and O–H groups in total. The van der Waals surface area contributed by atoms with Crippen molar-refractivity contribution in [1.29, 1.82) is 5.26 Å². The first-order valence-electron chi connectivity index (χ1n) is 8.47. The lowest BCUT2D eigenvalue weighted by Gasteiger charge is -2.25. The Bertz CT molecular complexity index is 828. The number of hydrogen-bond acceptors (Lipinski definition) is 4. The zero-order valence-corrected chi connectivity index (χ0v) is 16.3. The Morgan fingerprint density at radius 3 is 2.14 bits per heavy atom. The van der Waals surface area contributed by atoms with Gasteiger partial charge in [-0.1, -0.05) is 12.1 Å². The van der Waals surface area contributed by atoms with Crippen molar-refractivity contribution in [3.05, 3.63) is 65.2 Å². The van der Waals surface area contributed by atoms with E-state index in [2.05, 4.69) is 0 Å². The third kappa shape index (κ3) is 6.91. The van der Waals surface area contributed by atoms with E-state index < -0.39 is 5.51 Å². The Balaban J connectivity index is 2.16. The summed E-state index contributed by atoms with van der Waals surface area (Å²) in [6.45, 7) is 1.45. The molecule has 8 heteroatoms. The molecule has 0 bridgehead atoms. The summed E-state index contributed by atoms with van der Waals surface area (Å²) in [4.78, 5) is 16.5. The number of halogens is 3. The molecular formula is C20H20F3N3OS. The van der Waals surface area contributed by atoms with Gasteiger partial charge in [-0.15, -0.1) is 0 Å². The van der Waals surface area contributed by atoms with Crippen LogP contribution in [0.5, 0.6) is 0 Å². The lowest BCUT2D eigenvalue weighted by atomic mass is 10.1. The summed E-state index contributed by atoms with van der Waals surface area (Å²) in [7, 11) is 3.79. The molecular weight excluding hydrogens is 387 g/mol. The molecule has 0 unspecified atom stereocenters. The molecule has 0 radical (unpaired) electrons. The third-order valence-electron chi connectivity index (χ3n) is 3.90. The van der Waals surface area contributed by atoms with Crippen molar-refractivity contribution in [2.45, 2.75) is 16.9 Å². The highest BCUT2D eigenvalue weighted by Crippen LogP contribution is 2.36. The van der Waals surface area contributed by atoms with Gasteiger partial charge in [0.1, 0.15) is 0 Å². The third-order valence-corrected chi connectivity index (χ3v) is 4.63. The van der Waals surface area contributed by atoms with E-state index in [-0.39, 0.29) is 22.6 Å². The molecule has 0 aromatic heterocycles. The topological polar surface area (TPSA) is 47.3 Å². The van der Waals surface area contributed by atoms with Crippen LogP contribution in [-0.2, 0) is 6.54 Å². The average Bonchev–Trinajstić information content (AvgIpc) is 2.64. The second-order valence-electron chi connectivity index (χ2n) is 6.41. The van der Waals surface area contributed by atoms with E-state index in [9.17, 15) is 18.0 Å². The van der Waals surface area contributed by atoms with Gasteiger partial charge in [0.05, 0.1) is 11.6 Å². The van der Waals surface area contributed by atoms with Crippen molar-refractivity contribution in [2.75, 3.05) is 27.2 Å². The van der Waals surface area contributed by atoms with Crippen molar-refractivity contribution in [1.82, 2.24) is 9.80 Å². The molecule has 0 saturated carbocycles. The van der Waals surface area contributed by atoms with Crippen LogP contribution in [0.4, 0.5) is 13.2 Å². The van der Waals surface area contributed by atoms with Gasteiger partial charge in [0, 0.05) is 30.1 Å². The van der Waals surface area contributed by atoms with Crippen LogP contribution >= 0.6 is 11.8 Å². The van der Waals surface area contributed by atoms with E-state index >= 15 is 0 Å². The van der Waals surface area contributed by atoms with Crippen molar-refractivity contribution in [3.8, 4) is 6.07 Å². The Morgan fingerprint density at radius 1 is 1.04 bits per heavy atom. The fourth-order valence-electron chi connectivity index (χ4n) is 2.46. The van der Waals surface area contributed by atoms with Crippen LogP contribution in [0.2, 0.25) is 0 Å². The van der Waals surface area contributed by atoms with Crippen molar-refractivity contribution < 1.29 is 18.0 Å². The number of alkyl halides is 3. The first-order valence-corrected chi connectivity index (χ1v) is 9.28. The van der Waals surface area contributed by atoms with Gasteiger partial charge in [-0.2, -0.15) is 18.4 Å². The van der Waals surface area contributed by atoms with E-state index in [1.54, 1.807) is 29.2 Å². The number of nitrogens with zero attached hydrogens (tertiary/aromatic N) is 3. The minimum Gasteiger partial charge on any atom is -0.333 e. The molecule has 1 amide bonds. The predicted molar refractivity (Wildman–Crippen MR) is 103 cm³/mol. The van der Waals surface area contributed by atoms with E-state index in [4.69, 9.17) is 5.26 Å². The largest absolute Gasteiger partial charge is 0.446 e. The number of likely N-dealkylation sites (N-methyl/N-ethyl adjacent to an activating group) is 1. The van der Waals surface area contributed by atoms with Crippen molar-refractivity contribution in [2.24, 2.45) is 0 Å². The Hall–Kier alpha value is -2.50. The molecule has 28 heavy (non-hydrogen) atoms. The molecule has 4 nitrogen and oxygen atoms in total. The van der Waals surface area contributed by atoms with E-state index in [0.29, 0.717) is 30.8 Å². The molecule has 0 fully saturated rings. The summed E-state index contributed by atoms with van der Waals surface area (Å²) < 4.78 is 37.4. The first kappa shape index (κ1) is 21.8. The summed E-state index contributed by atoms with van der Waals surface area (Å²) in [5.41, 5.74) is -2.62.